The van der Waals surface area contributed by atoms with Gasteiger partial charge in [0.1, 0.15) is 0 Å². The summed E-state index contributed by atoms with van der Waals surface area (Å²) in [7, 11) is 0. The number of nitrogens with one attached hydrogen (secondary N) is 2. The van der Waals surface area contributed by atoms with E-state index in [1.165, 1.54) is 0 Å². The molecule has 2 N–H and O–H groups in total. The van der Waals surface area contributed by atoms with Crippen LogP contribution < -0.4 is 15.4 Å². The molecule has 0 radical (unpaired) electrons. The molecule has 2 aromatic heterocycles. The number of nitrogens with zero attached hydrogens (tertiary/aromatic N) is 5. The lowest BCUT2D eigenvalue weighted by Gasteiger charge is -2.10. The van der Waals surface area contributed by atoms with Crippen molar-refractivity contribution in [3.63, 3.8) is 0 Å². The summed E-state index contributed by atoms with van der Waals surface area (Å²) in [5, 5.41) is 6.31. The fourth-order valence-corrected chi connectivity index (χ4v) is 1.66. The maximum Gasteiger partial charge on any atom is 0.323 e. The molecule has 0 saturated heterocycles. The zero-order chi connectivity index (χ0) is 14.9. The van der Waals surface area contributed by atoms with Crippen molar-refractivity contribution in [2.75, 3.05) is 30.3 Å². The number of aromatic nitrogens is 5. The first-order chi connectivity index (χ1) is 10.3. The second-order valence-corrected chi connectivity index (χ2v) is 4.35. The largest absolute Gasteiger partial charge is 0.464 e. The number of hydrogen-bond donors (Lipinski definition) is 2. The van der Waals surface area contributed by atoms with Crippen LogP contribution in [0.5, 0.6) is 6.01 Å². The highest BCUT2D eigenvalue weighted by molar-refractivity contribution is 5.35. The van der Waals surface area contributed by atoms with Crippen LogP contribution in [0.2, 0.25) is 0 Å². The molecule has 0 spiro atoms. The summed E-state index contributed by atoms with van der Waals surface area (Å²) in [6.45, 7) is 6.79. The molecule has 0 amide bonds. The van der Waals surface area contributed by atoms with Crippen molar-refractivity contribution in [1.29, 1.82) is 0 Å². The molecule has 114 valence electrons. The topological polar surface area (TPSA) is 89.8 Å². The molecule has 0 aliphatic rings. The third-order valence-corrected chi connectivity index (χ3v) is 2.63. The number of ether oxygens (including phenoxy) is 1. The Kier molecular flexibility index (Phi) is 5.74. The van der Waals surface area contributed by atoms with E-state index in [-0.39, 0.29) is 0 Å². The minimum atomic E-state index is 0.330. The van der Waals surface area contributed by atoms with Gasteiger partial charge in [-0.2, -0.15) is 15.0 Å². The van der Waals surface area contributed by atoms with Crippen LogP contribution in [0, 0.1) is 0 Å². The Labute approximate surface area is 124 Å². The van der Waals surface area contributed by atoms with E-state index in [1.54, 1.807) is 12.5 Å². The summed E-state index contributed by atoms with van der Waals surface area (Å²) in [6, 6.07) is 0.330. The normalized spacial score (nSPS) is 10.4. The molecule has 0 bridgehead atoms. The van der Waals surface area contributed by atoms with Crippen LogP contribution >= 0.6 is 0 Å². The molecule has 0 fully saturated rings. The van der Waals surface area contributed by atoms with Gasteiger partial charge >= 0.3 is 6.01 Å². The van der Waals surface area contributed by atoms with Crippen LogP contribution in [0.15, 0.2) is 18.7 Å². The van der Waals surface area contributed by atoms with E-state index in [2.05, 4.69) is 37.5 Å². The lowest BCUT2D eigenvalue weighted by Crippen LogP contribution is -2.14. The molecule has 2 heterocycles. The maximum absolute atomic E-state index is 5.36. The van der Waals surface area contributed by atoms with Crippen molar-refractivity contribution in [2.24, 2.45) is 0 Å². The molecule has 0 saturated carbocycles. The molecule has 2 aromatic rings. The predicted molar refractivity (Wildman–Crippen MR) is 80.5 cm³/mol. The Balaban J connectivity index is 1.97. The maximum atomic E-state index is 5.36. The van der Waals surface area contributed by atoms with Crippen LogP contribution in [-0.2, 0) is 6.54 Å². The van der Waals surface area contributed by atoms with Crippen LogP contribution in [-0.4, -0.2) is 44.2 Å². The van der Waals surface area contributed by atoms with E-state index in [1.807, 2.05) is 17.7 Å². The number of hydrogen-bond acceptors (Lipinski definition) is 7. The van der Waals surface area contributed by atoms with Crippen molar-refractivity contribution in [2.45, 2.75) is 26.8 Å². The quantitative estimate of drug-likeness (QED) is 0.721. The summed E-state index contributed by atoms with van der Waals surface area (Å²) in [4.78, 5) is 16.8. The highest BCUT2D eigenvalue weighted by atomic mass is 16.5. The van der Waals surface area contributed by atoms with Crippen molar-refractivity contribution in [3.05, 3.63) is 18.7 Å². The lowest BCUT2D eigenvalue weighted by atomic mass is 10.5. The van der Waals surface area contributed by atoms with Crippen molar-refractivity contribution in [3.8, 4) is 6.01 Å². The second kappa shape index (κ2) is 8.03. The molecule has 0 aliphatic carbocycles. The van der Waals surface area contributed by atoms with Crippen molar-refractivity contribution < 1.29 is 4.74 Å². The van der Waals surface area contributed by atoms with Gasteiger partial charge in [-0.1, -0.05) is 6.92 Å². The Morgan fingerprint density at radius 3 is 2.48 bits per heavy atom. The molecular formula is C13H21N7O. The zero-order valence-electron chi connectivity index (χ0n) is 12.4. The monoisotopic (exact) mass is 291 g/mol. The number of imidazole rings is 1. The first kappa shape index (κ1) is 15.0. The molecule has 0 unspecified atom stereocenters. The Bertz CT molecular complexity index is 529. The smallest absolute Gasteiger partial charge is 0.323 e. The van der Waals surface area contributed by atoms with Gasteiger partial charge in [-0.15, -0.1) is 0 Å². The van der Waals surface area contributed by atoms with E-state index >= 15 is 0 Å². The Morgan fingerprint density at radius 2 is 1.86 bits per heavy atom. The summed E-state index contributed by atoms with van der Waals surface area (Å²) >= 11 is 0. The minimum Gasteiger partial charge on any atom is -0.464 e. The molecule has 2 rings (SSSR count). The van der Waals surface area contributed by atoms with Crippen molar-refractivity contribution in [1.82, 2.24) is 24.5 Å². The molecule has 0 atom stereocenters. The van der Waals surface area contributed by atoms with Crippen LogP contribution in [0.3, 0.4) is 0 Å². The van der Waals surface area contributed by atoms with E-state index in [0.29, 0.717) is 31.1 Å². The van der Waals surface area contributed by atoms with Gasteiger partial charge in [-0.05, 0) is 13.3 Å². The second-order valence-electron chi connectivity index (χ2n) is 4.35. The average molecular weight is 291 g/mol. The van der Waals surface area contributed by atoms with Gasteiger partial charge in [-0.25, -0.2) is 4.98 Å². The standard InChI is InChI=1S/C13H21N7O/c1-3-5-15-11-17-12(19-13(18-11)21-4-2)16-7-9-20-8-6-14-10-20/h6,8,10H,3-5,7,9H2,1-2H3,(H2,15,16,17,18,19). The molecule has 8 heteroatoms. The Hall–Kier alpha value is -2.38. The van der Waals surface area contributed by atoms with E-state index in [9.17, 15) is 0 Å². The van der Waals surface area contributed by atoms with Gasteiger partial charge in [0, 0.05) is 32.0 Å². The van der Waals surface area contributed by atoms with E-state index in [0.717, 1.165) is 19.5 Å². The predicted octanol–water partition coefficient (Wildman–Crippen LogP) is 1.40. The first-order valence-electron chi connectivity index (χ1n) is 7.14. The summed E-state index contributed by atoms with van der Waals surface area (Å²) in [5.74, 6) is 1.03. The van der Waals surface area contributed by atoms with Crippen LogP contribution in [0.4, 0.5) is 11.9 Å². The lowest BCUT2D eigenvalue weighted by molar-refractivity contribution is 0.312. The van der Waals surface area contributed by atoms with Crippen LogP contribution in [0.25, 0.3) is 0 Å². The third-order valence-electron chi connectivity index (χ3n) is 2.63. The molecule has 8 nitrogen and oxygen atoms in total. The molecular weight excluding hydrogens is 270 g/mol. The third kappa shape index (κ3) is 4.90. The minimum absolute atomic E-state index is 0.330. The van der Waals surface area contributed by atoms with E-state index < -0.39 is 0 Å². The van der Waals surface area contributed by atoms with Gasteiger partial charge in [0.15, 0.2) is 0 Å². The molecule has 21 heavy (non-hydrogen) atoms. The van der Waals surface area contributed by atoms with Gasteiger partial charge in [0.05, 0.1) is 12.9 Å². The first-order valence-corrected chi connectivity index (χ1v) is 7.14. The van der Waals surface area contributed by atoms with Crippen molar-refractivity contribution >= 4 is 11.9 Å². The van der Waals surface area contributed by atoms with Gasteiger partial charge in [0.2, 0.25) is 11.9 Å². The average Bonchev–Trinajstić information content (AvgIpc) is 2.99. The highest BCUT2D eigenvalue weighted by Crippen LogP contribution is 2.11. The van der Waals surface area contributed by atoms with Gasteiger partial charge in [-0.3, -0.25) is 0 Å². The van der Waals surface area contributed by atoms with Gasteiger partial charge < -0.3 is 19.9 Å². The molecule has 0 aromatic carbocycles. The SMILES string of the molecule is CCCNc1nc(NCCn2ccnc2)nc(OCC)n1. The summed E-state index contributed by atoms with van der Waals surface area (Å²) < 4.78 is 7.34. The zero-order valence-corrected chi connectivity index (χ0v) is 12.4. The fourth-order valence-electron chi connectivity index (χ4n) is 1.66. The van der Waals surface area contributed by atoms with E-state index in [4.69, 9.17) is 4.74 Å². The summed E-state index contributed by atoms with van der Waals surface area (Å²) in [6.07, 6.45) is 6.44. The number of anilines is 2. The van der Waals surface area contributed by atoms with Gasteiger partial charge in [0.25, 0.3) is 0 Å². The fraction of sp³-hybridized carbons (Fsp3) is 0.538. The number of rotatable bonds is 9. The van der Waals surface area contributed by atoms with Crippen LogP contribution in [0.1, 0.15) is 20.3 Å². The Morgan fingerprint density at radius 1 is 1.10 bits per heavy atom. The highest BCUT2D eigenvalue weighted by Gasteiger charge is 2.06. The summed E-state index contributed by atoms with van der Waals surface area (Å²) in [5.41, 5.74) is 0. The molecule has 0 aliphatic heterocycles.